The van der Waals surface area contributed by atoms with Crippen molar-refractivity contribution in [3.63, 3.8) is 0 Å². The highest BCUT2D eigenvalue weighted by Gasteiger charge is 2.34. The second-order valence-corrected chi connectivity index (χ2v) is 6.54. The molecule has 138 valence electrons. The van der Waals surface area contributed by atoms with Crippen LogP contribution in [0.15, 0.2) is 48.5 Å². The van der Waals surface area contributed by atoms with E-state index in [1.807, 2.05) is 0 Å². The fourth-order valence-electron chi connectivity index (χ4n) is 2.57. The topological polar surface area (TPSA) is 90.5 Å². The molecule has 0 spiro atoms. The molecule has 9 heteroatoms. The van der Waals surface area contributed by atoms with Crippen molar-refractivity contribution in [3.05, 3.63) is 64.7 Å². The Hall–Kier alpha value is -2.97. The van der Waals surface area contributed by atoms with Gasteiger partial charge in [-0.2, -0.15) is 0 Å². The Bertz CT molecular complexity index is 899. The zero-order valence-corrected chi connectivity index (χ0v) is 15.6. The van der Waals surface area contributed by atoms with Crippen LogP contribution < -0.4 is 16.2 Å². The Kier molecular flexibility index (Phi) is 5.68. The molecule has 3 rings (SSSR count). The van der Waals surface area contributed by atoms with E-state index in [1.54, 1.807) is 48.5 Å². The van der Waals surface area contributed by atoms with Crippen LogP contribution in [-0.4, -0.2) is 34.3 Å². The number of carbonyl (C=O) groups excluding carboxylic acids is 3. The van der Waals surface area contributed by atoms with Gasteiger partial charge < -0.3 is 5.32 Å². The van der Waals surface area contributed by atoms with Crippen LogP contribution in [0, 0.1) is 0 Å². The lowest BCUT2D eigenvalue weighted by molar-refractivity contribution is -0.121. The lowest BCUT2D eigenvalue weighted by Gasteiger charge is -2.15. The van der Waals surface area contributed by atoms with Crippen molar-refractivity contribution < 1.29 is 14.4 Å². The van der Waals surface area contributed by atoms with E-state index in [0.717, 1.165) is 4.90 Å². The third-order valence-corrected chi connectivity index (χ3v) is 4.28. The standard InChI is InChI=1S/C18H15ClN4O3S/c19-11-4-3-5-12(10-11)20-18(27)22-21-15(24)8-9-23-16(25)13-6-1-2-7-14(13)17(23)26/h1-7,10H,8-9H2,(H,21,24)(H2,20,22,27). The molecule has 0 bridgehead atoms. The number of carbonyl (C=O) groups is 3. The summed E-state index contributed by atoms with van der Waals surface area (Å²) >= 11 is 11.0. The number of thiocarbonyl (C=S) groups is 1. The van der Waals surface area contributed by atoms with Gasteiger partial charge in [0.15, 0.2) is 5.11 Å². The molecule has 1 aliphatic heterocycles. The zero-order chi connectivity index (χ0) is 19.4. The molecule has 27 heavy (non-hydrogen) atoms. The van der Waals surface area contributed by atoms with Crippen molar-refractivity contribution in [1.82, 2.24) is 15.8 Å². The number of hydrogen-bond donors (Lipinski definition) is 3. The Morgan fingerprint density at radius 3 is 2.30 bits per heavy atom. The predicted molar refractivity (Wildman–Crippen MR) is 105 cm³/mol. The van der Waals surface area contributed by atoms with Gasteiger partial charge in [0.05, 0.1) is 11.1 Å². The molecule has 0 saturated carbocycles. The van der Waals surface area contributed by atoms with Crippen LogP contribution in [0.5, 0.6) is 0 Å². The molecule has 0 saturated heterocycles. The van der Waals surface area contributed by atoms with Crippen molar-refractivity contribution in [2.24, 2.45) is 0 Å². The summed E-state index contributed by atoms with van der Waals surface area (Å²) in [4.78, 5) is 37.5. The smallest absolute Gasteiger partial charge is 0.261 e. The Labute approximate surface area is 165 Å². The maximum atomic E-state index is 12.2. The van der Waals surface area contributed by atoms with Gasteiger partial charge in [-0.05, 0) is 42.5 Å². The molecule has 0 aliphatic carbocycles. The number of fused-ring (bicyclic) bond motifs is 1. The van der Waals surface area contributed by atoms with Crippen LogP contribution in [0.1, 0.15) is 27.1 Å². The van der Waals surface area contributed by atoms with Crippen molar-refractivity contribution in [1.29, 1.82) is 0 Å². The van der Waals surface area contributed by atoms with Gasteiger partial charge in [-0.3, -0.25) is 30.1 Å². The highest BCUT2D eigenvalue weighted by Crippen LogP contribution is 2.22. The number of nitrogens with one attached hydrogen (secondary N) is 3. The maximum absolute atomic E-state index is 12.2. The van der Waals surface area contributed by atoms with Gasteiger partial charge in [-0.1, -0.05) is 29.8 Å². The second-order valence-electron chi connectivity index (χ2n) is 5.70. The summed E-state index contributed by atoms with van der Waals surface area (Å²) < 4.78 is 0. The summed E-state index contributed by atoms with van der Waals surface area (Å²) in [6, 6.07) is 13.5. The predicted octanol–water partition coefficient (Wildman–Crippen LogP) is 2.34. The summed E-state index contributed by atoms with van der Waals surface area (Å²) in [7, 11) is 0. The number of hydrogen-bond acceptors (Lipinski definition) is 4. The summed E-state index contributed by atoms with van der Waals surface area (Å²) in [6.07, 6.45) is -0.0573. The van der Waals surface area contributed by atoms with Crippen LogP contribution in [0.3, 0.4) is 0 Å². The average Bonchev–Trinajstić information content (AvgIpc) is 2.89. The van der Waals surface area contributed by atoms with Crippen molar-refractivity contribution in [3.8, 4) is 0 Å². The summed E-state index contributed by atoms with van der Waals surface area (Å²) in [5, 5.41) is 3.59. The first-order valence-electron chi connectivity index (χ1n) is 8.02. The molecule has 0 aromatic heterocycles. The largest absolute Gasteiger partial charge is 0.331 e. The molecule has 0 fully saturated rings. The molecule has 3 amide bonds. The highest BCUT2D eigenvalue weighted by atomic mass is 35.5. The van der Waals surface area contributed by atoms with Crippen LogP contribution in [0.2, 0.25) is 5.02 Å². The zero-order valence-electron chi connectivity index (χ0n) is 14.0. The SMILES string of the molecule is O=C(CCN1C(=O)c2ccccc2C1=O)NNC(=S)Nc1cccc(Cl)c1. The molecule has 1 aliphatic rings. The van der Waals surface area contributed by atoms with E-state index >= 15 is 0 Å². The summed E-state index contributed by atoms with van der Waals surface area (Å²) in [6.45, 7) is -0.0195. The quantitative estimate of drug-likeness (QED) is 0.413. The number of benzene rings is 2. The number of rotatable bonds is 4. The third kappa shape index (κ3) is 4.42. The minimum Gasteiger partial charge on any atom is -0.331 e. The van der Waals surface area contributed by atoms with E-state index in [9.17, 15) is 14.4 Å². The molecule has 2 aromatic rings. The van der Waals surface area contributed by atoms with E-state index in [-0.39, 0.29) is 18.1 Å². The van der Waals surface area contributed by atoms with Gasteiger partial charge in [0.2, 0.25) is 5.91 Å². The molecular formula is C18H15ClN4O3S. The van der Waals surface area contributed by atoms with Crippen LogP contribution in [0.4, 0.5) is 5.69 Å². The molecule has 3 N–H and O–H groups in total. The fraction of sp³-hybridized carbons (Fsp3) is 0.111. The number of amides is 3. The van der Waals surface area contributed by atoms with Gasteiger partial charge >= 0.3 is 0 Å². The Morgan fingerprint density at radius 2 is 1.67 bits per heavy atom. The third-order valence-electron chi connectivity index (χ3n) is 3.84. The van der Waals surface area contributed by atoms with Gasteiger partial charge in [0, 0.05) is 23.7 Å². The van der Waals surface area contributed by atoms with E-state index < -0.39 is 17.7 Å². The number of halogens is 1. The van der Waals surface area contributed by atoms with Crippen molar-refractivity contribution in [2.75, 3.05) is 11.9 Å². The summed E-state index contributed by atoms with van der Waals surface area (Å²) in [5.41, 5.74) is 6.35. The Morgan fingerprint density at radius 1 is 1.00 bits per heavy atom. The highest BCUT2D eigenvalue weighted by molar-refractivity contribution is 7.80. The van der Waals surface area contributed by atoms with Gasteiger partial charge in [-0.25, -0.2) is 0 Å². The molecule has 0 unspecified atom stereocenters. The normalized spacial score (nSPS) is 12.6. The molecule has 7 nitrogen and oxygen atoms in total. The van der Waals surface area contributed by atoms with E-state index in [2.05, 4.69) is 16.2 Å². The lowest BCUT2D eigenvalue weighted by Crippen LogP contribution is -2.45. The molecule has 0 radical (unpaired) electrons. The molecule has 0 atom stereocenters. The van der Waals surface area contributed by atoms with E-state index in [1.165, 1.54) is 0 Å². The van der Waals surface area contributed by atoms with Gasteiger partial charge in [-0.15, -0.1) is 0 Å². The van der Waals surface area contributed by atoms with Crippen molar-refractivity contribution >= 4 is 52.3 Å². The number of nitrogens with zero attached hydrogens (tertiary/aromatic N) is 1. The summed E-state index contributed by atoms with van der Waals surface area (Å²) in [5.74, 6) is -1.20. The minimum atomic E-state index is -0.415. The van der Waals surface area contributed by atoms with E-state index in [0.29, 0.717) is 21.8 Å². The first-order chi connectivity index (χ1) is 13.0. The number of hydrazine groups is 1. The minimum absolute atomic E-state index is 0.0195. The molecule has 1 heterocycles. The number of imide groups is 1. The van der Waals surface area contributed by atoms with E-state index in [4.69, 9.17) is 23.8 Å². The monoisotopic (exact) mass is 402 g/mol. The van der Waals surface area contributed by atoms with Crippen molar-refractivity contribution in [2.45, 2.75) is 6.42 Å². The molecular weight excluding hydrogens is 388 g/mol. The average molecular weight is 403 g/mol. The van der Waals surface area contributed by atoms with Gasteiger partial charge in [0.1, 0.15) is 0 Å². The van der Waals surface area contributed by atoms with Crippen LogP contribution >= 0.6 is 23.8 Å². The number of anilines is 1. The van der Waals surface area contributed by atoms with Crippen LogP contribution in [-0.2, 0) is 4.79 Å². The first kappa shape index (κ1) is 18.8. The molecule has 2 aromatic carbocycles. The fourth-order valence-corrected chi connectivity index (χ4v) is 2.93. The lowest BCUT2D eigenvalue weighted by atomic mass is 10.1. The Balaban J connectivity index is 1.46. The first-order valence-corrected chi connectivity index (χ1v) is 8.81. The maximum Gasteiger partial charge on any atom is 0.261 e. The van der Waals surface area contributed by atoms with Crippen LogP contribution in [0.25, 0.3) is 0 Å². The second kappa shape index (κ2) is 8.15. The van der Waals surface area contributed by atoms with Gasteiger partial charge in [0.25, 0.3) is 11.8 Å².